The molecule has 0 unspecified atom stereocenters. The summed E-state index contributed by atoms with van der Waals surface area (Å²) in [5.74, 6) is 0. The molecule has 0 aliphatic rings. The molecule has 0 spiro atoms. The summed E-state index contributed by atoms with van der Waals surface area (Å²) >= 11 is 2.97. The van der Waals surface area contributed by atoms with Crippen LogP contribution < -0.4 is 5.56 Å². The Bertz CT molecular complexity index is 388. The summed E-state index contributed by atoms with van der Waals surface area (Å²) in [5, 5.41) is 0. The van der Waals surface area contributed by atoms with Gasteiger partial charge in [-0.15, -0.1) is 0 Å². The normalized spacial score (nSPS) is 11.7. The SMILES string of the molecule is O=c1c(Br)cccn1COCC(F)(F)F. The van der Waals surface area contributed by atoms with Crippen molar-refractivity contribution in [3.8, 4) is 0 Å². The molecule has 84 valence electrons. The van der Waals surface area contributed by atoms with Crippen LogP contribution in [0.4, 0.5) is 13.2 Å². The van der Waals surface area contributed by atoms with Crippen LogP contribution in [0.5, 0.6) is 0 Å². The lowest BCUT2D eigenvalue weighted by Gasteiger charge is -2.09. The van der Waals surface area contributed by atoms with Crippen molar-refractivity contribution in [2.45, 2.75) is 12.9 Å². The van der Waals surface area contributed by atoms with Gasteiger partial charge in [-0.05, 0) is 28.1 Å². The fraction of sp³-hybridized carbons (Fsp3) is 0.375. The summed E-state index contributed by atoms with van der Waals surface area (Å²) in [7, 11) is 0. The summed E-state index contributed by atoms with van der Waals surface area (Å²) in [6, 6.07) is 3.03. The van der Waals surface area contributed by atoms with Crippen molar-refractivity contribution in [2.75, 3.05) is 6.61 Å². The molecule has 0 amide bonds. The number of pyridine rings is 1. The first-order valence-corrected chi connectivity index (χ1v) is 4.69. The van der Waals surface area contributed by atoms with Gasteiger partial charge in [0, 0.05) is 6.20 Å². The summed E-state index contributed by atoms with van der Waals surface area (Å²) in [5.41, 5.74) is -0.431. The van der Waals surface area contributed by atoms with Crippen molar-refractivity contribution >= 4 is 15.9 Å². The van der Waals surface area contributed by atoms with Crippen molar-refractivity contribution in [3.05, 3.63) is 33.2 Å². The molecule has 1 rings (SSSR count). The number of rotatable bonds is 3. The van der Waals surface area contributed by atoms with E-state index in [1.807, 2.05) is 0 Å². The second-order valence-corrected chi connectivity index (χ2v) is 3.58. The number of hydrogen-bond acceptors (Lipinski definition) is 2. The van der Waals surface area contributed by atoms with E-state index in [0.29, 0.717) is 0 Å². The second kappa shape index (κ2) is 4.80. The van der Waals surface area contributed by atoms with Crippen LogP contribution in [0.3, 0.4) is 0 Å². The van der Waals surface area contributed by atoms with Gasteiger partial charge in [0.25, 0.3) is 5.56 Å². The number of ether oxygens (including phenoxy) is 1. The maximum Gasteiger partial charge on any atom is 0.411 e. The molecule has 0 saturated carbocycles. The predicted octanol–water partition coefficient (Wildman–Crippen LogP) is 2.15. The third kappa shape index (κ3) is 4.05. The number of halogens is 4. The molecule has 7 heteroatoms. The minimum atomic E-state index is -4.38. The molecule has 0 radical (unpaired) electrons. The summed E-state index contributed by atoms with van der Waals surface area (Å²) in [4.78, 5) is 11.3. The molecular formula is C8H7BrF3NO2. The van der Waals surface area contributed by atoms with E-state index in [-0.39, 0.29) is 4.47 Å². The minimum absolute atomic E-state index is 0.278. The molecule has 1 aromatic heterocycles. The van der Waals surface area contributed by atoms with Crippen LogP contribution in [0.1, 0.15) is 0 Å². The number of hydrogen-bond donors (Lipinski definition) is 0. The first-order chi connectivity index (χ1) is 6.90. The average Bonchev–Trinajstić information content (AvgIpc) is 2.10. The van der Waals surface area contributed by atoms with Gasteiger partial charge in [0.15, 0.2) is 0 Å². The monoisotopic (exact) mass is 285 g/mol. The van der Waals surface area contributed by atoms with Gasteiger partial charge in [0.1, 0.15) is 13.3 Å². The van der Waals surface area contributed by atoms with Gasteiger partial charge >= 0.3 is 6.18 Å². The first kappa shape index (κ1) is 12.3. The third-order valence-electron chi connectivity index (χ3n) is 1.47. The Labute approximate surface area is 91.6 Å². The van der Waals surface area contributed by atoms with Crippen LogP contribution in [0.25, 0.3) is 0 Å². The lowest BCUT2D eigenvalue weighted by atomic mass is 10.5. The van der Waals surface area contributed by atoms with E-state index < -0.39 is 25.1 Å². The number of alkyl halides is 3. The van der Waals surface area contributed by atoms with E-state index in [4.69, 9.17) is 0 Å². The summed E-state index contributed by atoms with van der Waals surface area (Å²) in [6.07, 6.45) is -3.03. The zero-order chi connectivity index (χ0) is 11.5. The van der Waals surface area contributed by atoms with Gasteiger partial charge < -0.3 is 4.74 Å². The van der Waals surface area contributed by atoms with Crippen LogP contribution in [0, 0.1) is 0 Å². The highest BCUT2D eigenvalue weighted by Gasteiger charge is 2.27. The van der Waals surface area contributed by atoms with Gasteiger partial charge in [-0.25, -0.2) is 0 Å². The van der Waals surface area contributed by atoms with E-state index in [1.165, 1.54) is 18.3 Å². The quantitative estimate of drug-likeness (QED) is 0.852. The smallest absolute Gasteiger partial charge is 0.351 e. The first-order valence-electron chi connectivity index (χ1n) is 3.89. The Kier molecular flexibility index (Phi) is 3.92. The van der Waals surface area contributed by atoms with Crippen LogP contribution in [-0.4, -0.2) is 17.4 Å². The molecule has 1 aromatic rings. The highest BCUT2D eigenvalue weighted by atomic mass is 79.9. The fourth-order valence-electron chi connectivity index (χ4n) is 0.869. The van der Waals surface area contributed by atoms with Crippen molar-refractivity contribution in [1.29, 1.82) is 0 Å². The zero-order valence-corrected chi connectivity index (χ0v) is 9.01. The van der Waals surface area contributed by atoms with E-state index >= 15 is 0 Å². The van der Waals surface area contributed by atoms with Crippen molar-refractivity contribution in [1.82, 2.24) is 4.57 Å². The molecule has 0 N–H and O–H groups in total. The van der Waals surface area contributed by atoms with E-state index in [2.05, 4.69) is 20.7 Å². The molecule has 0 atom stereocenters. The molecule has 0 aliphatic heterocycles. The predicted molar refractivity (Wildman–Crippen MR) is 50.4 cm³/mol. The van der Waals surface area contributed by atoms with Gasteiger partial charge in [-0.3, -0.25) is 9.36 Å². The highest BCUT2D eigenvalue weighted by Crippen LogP contribution is 2.14. The van der Waals surface area contributed by atoms with Crippen LogP contribution >= 0.6 is 15.9 Å². The molecule has 0 saturated heterocycles. The maximum atomic E-state index is 11.7. The van der Waals surface area contributed by atoms with Gasteiger partial charge in [-0.1, -0.05) is 0 Å². The molecule has 0 aromatic carbocycles. The number of aromatic nitrogens is 1. The molecule has 0 fully saturated rings. The van der Waals surface area contributed by atoms with Crippen LogP contribution in [0.2, 0.25) is 0 Å². The average molecular weight is 286 g/mol. The molecule has 1 heterocycles. The fourth-order valence-corrected chi connectivity index (χ4v) is 1.25. The zero-order valence-electron chi connectivity index (χ0n) is 7.42. The molecule has 0 bridgehead atoms. The van der Waals surface area contributed by atoms with Crippen LogP contribution in [0.15, 0.2) is 27.6 Å². The molecular weight excluding hydrogens is 279 g/mol. The molecule has 3 nitrogen and oxygen atoms in total. The van der Waals surface area contributed by atoms with Gasteiger partial charge in [0.05, 0.1) is 4.47 Å². The van der Waals surface area contributed by atoms with E-state index in [9.17, 15) is 18.0 Å². The summed E-state index contributed by atoms with van der Waals surface area (Å²) in [6.45, 7) is -1.79. The maximum absolute atomic E-state index is 11.7. The Morgan fingerprint density at radius 2 is 2.13 bits per heavy atom. The number of nitrogens with zero attached hydrogens (tertiary/aromatic N) is 1. The van der Waals surface area contributed by atoms with Gasteiger partial charge in [-0.2, -0.15) is 13.2 Å². The van der Waals surface area contributed by atoms with Crippen LogP contribution in [-0.2, 0) is 11.5 Å². The topological polar surface area (TPSA) is 31.2 Å². The Morgan fingerprint density at radius 1 is 1.47 bits per heavy atom. The van der Waals surface area contributed by atoms with Crippen molar-refractivity contribution < 1.29 is 17.9 Å². The third-order valence-corrected chi connectivity index (χ3v) is 2.07. The van der Waals surface area contributed by atoms with E-state index in [1.54, 1.807) is 0 Å². The van der Waals surface area contributed by atoms with Crippen molar-refractivity contribution in [2.24, 2.45) is 0 Å². The Balaban J connectivity index is 2.59. The summed E-state index contributed by atoms with van der Waals surface area (Å²) < 4.78 is 40.8. The van der Waals surface area contributed by atoms with E-state index in [0.717, 1.165) is 4.57 Å². The second-order valence-electron chi connectivity index (χ2n) is 2.72. The molecule has 15 heavy (non-hydrogen) atoms. The lowest BCUT2D eigenvalue weighted by molar-refractivity contribution is -0.182. The Hall–Kier alpha value is -0.820. The molecule has 0 aliphatic carbocycles. The Morgan fingerprint density at radius 3 is 2.73 bits per heavy atom. The minimum Gasteiger partial charge on any atom is -0.351 e. The van der Waals surface area contributed by atoms with Crippen molar-refractivity contribution in [3.63, 3.8) is 0 Å². The standard InChI is InChI=1S/C8H7BrF3NO2/c9-6-2-1-3-13(7(6)14)5-15-4-8(10,11)12/h1-3H,4-5H2. The van der Waals surface area contributed by atoms with Gasteiger partial charge in [0.2, 0.25) is 0 Å². The lowest BCUT2D eigenvalue weighted by Crippen LogP contribution is -2.24. The highest BCUT2D eigenvalue weighted by molar-refractivity contribution is 9.10. The largest absolute Gasteiger partial charge is 0.411 e.